The fraction of sp³-hybridized carbons (Fsp3) is 0.261. The van der Waals surface area contributed by atoms with Crippen LogP contribution in [-0.2, 0) is 11.8 Å². The Kier molecular flexibility index (Phi) is 7.80. The van der Waals surface area contributed by atoms with Gasteiger partial charge in [-0.1, -0.05) is 93.6 Å². The van der Waals surface area contributed by atoms with Crippen molar-refractivity contribution in [3.63, 3.8) is 0 Å². The van der Waals surface area contributed by atoms with Crippen molar-refractivity contribution in [2.75, 3.05) is 19.6 Å². The molecular formula is C46H46N6. The molecule has 2 aromatic heterocycles. The Bertz CT molecular complexity index is 2220. The van der Waals surface area contributed by atoms with Crippen LogP contribution in [0.1, 0.15) is 58.1 Å². The number of nitrogens with zero attached hydrogens (tertiary/aromatic N) is 6. The van der Waals surface area contributed by atoms with E-state index < -0.39 is 0 Å². The average Bonchev–Trinajstić information content (AvgIpc) is 3.71. The average molecular weight is 683 g/mol. The molecule has 0 bridgehead atoms. The van der Waals surface area contributed by atoms with E-state index in [2.05, 4.69) is 181 Å². The van der Waals surface area contributed by atoms with Crippen molar-refractivity contribution >= 4 is 45.8 Å². The van der Waals surface area contributed by atoms with E-state index in [0.717, 1.165) is 48.7 Å². The van der Waals surface area contributed by atoms with Crippen LogP contribution in [0, 0.1) is 5.41 Å². The molecule has 0 N–H and O–H groups in total. The normalized spacial score (nSPS) is 22.9. The highest BCUT2D eigenvalue weighted by atomic mass is 15.5. The molecule has 4 aromatic carbocycles. The van der Waals surface area contributed by atoms with Gasteiger partial charge in [0, 0.05) is 46.0 Å². The van der Waals surface area contributed by atoms with Gasteiger partial charge in [-0.2, -0.15) is 0 Å². The lowest BCUT2D eigenvalue weighted by Crippen LogP contribution is -2.63. The Morgan fingerprint density at radius 3 is 1.73 bits per heavy atom. The molecule has 3 aliphatic heterocycles. The van der Waals surface area contributed by atoms with Gasteiger partial charge in [-0.15, -0.1) is 0 Å². The fourth-order valence-electron chi connectivity index (χ4n) is 9.96. The zero-order valence-electron chi connectivity index (χ0n) is 30.5. The standard InChI is InChI=1S/C46H46N6/c1-5-45(4)37-24-14-16-26-39(37)52-43-41(28-18-32-48-43)51(36-22-11-8-12-23-36)44(52)46(45,6-2)30-29-34-19-13-15-25-38(34)50-33(3)49(35-20-9-7-10-21-35)42-40(50)27-17-31-47-42/h7-28,31-33,44H,5-6,29-30H2,1-4H3. The van der Waals surface area contributed by atoms with E-state index in [0.29, 0.717) is 0 Å². The highest BCUT2D eigenvalue weighted by Gasteiger charge is 2.62. The number of para-hydroxylation sites is 4. The molecule has 4 unspecified atom stereocenters. The molecule has 52 heavy (non-hydrogen) atoms. The summed E-state index contributed by atoms with van der Waals surface area (Å²) in [6.45, 7) is 9.66. The largest absolute Gasteiger partial charge is 0.317 e. The second-order valence-corrected chi connectivity index (χ2v) is 14.7. The van der Waals surface area contributed by atoms with Gasteiger partial charge in [0.2, 0.25) is 0 Å². The van der Waals surface area contributed by atoms with Gasteiger partial charge in [0.15, 0.2) is 11.6 Å². The first-order valence-corrected chi connectivity index (χ1v) is 18.9. The lowest BCUT2D eigenvalue weighted by molar-refractivity contribution is 0.0637. The van der Waals surface area contributed by atoms with E-state index in [9.17, 15) is 0 Å². The van der Waals surface area contributed by atoms with Gasteiger partial charge in [0.25, 0.3) is 0 Å². The summed E-state index contributed by atoms with van der Waals surface area (Å²) in [7, 11) is 0. The molecule has 0 aliphatic carbocycles. The van der Waals surface area contributed by atoms with E-state index in [-0.39, 0.29) is 23.2 Å². The zero-order valence-corrected chi connectivity index (χ0v) is 30.5. The molecule has 5 heterocycles. The van der Waals surface area contributed by atoms with Crippen LogP contribution in [0.4, 0.5) is 45.8 Å². The minimum absolute atomic E-state index is 0.0426. The van der Waals surface area contributed by atoms with E-state index in [4.69, 9.17) is 9.97 Å². The monoisotopic (exact) mass is 682 g/mol. The van der Waals surface area contributed by atoms with Gasteiger partial charge in [-0.3, -0.25) is 0 Å². The Morgan fingerprint density at radius 1 is 0.538 bits per heavy atom. The van der Waals surface area contributed by atoms with Crippen LogP contribution >= 0.6 is 0 Å². The number of aryl methyl sites for hydroxylation is 1. The first kappa shape index (κ1) is 32.3. The van der Waals surface area contributed by atoms with Crippen LogP contribution in [0.2, 0.25) is 0 Å². The quantitative estimate of drug-likeness (QED) is 0.159. The number of fused-ring (bicyclic) bond motifs is 6. The van der Waals surface area contributed by atoms with Crippen LogP contribution < -0.4 is 19.6 Å². The highest BCUT2D eigenvalue weighted by molar-refractivity contribution is 5.89. The SMILES string of the molecule is CCC1(C)c2ccccc2N2c3ncccc3N(c3ccccc3)C2C1(CC)CCc1ccccc1N1c2cccnc2N(c2ccccc2)C1C. The van der Waals surface area contributed by atoms with E-state index in [1.807, 2.05) is 12.4 Å². The predicted octanol–water partition coefficient (Wildman–Crippen LogP) is 11.4. The third kappa shape index (κ3) is 4.56. The maximum atomic E-state index is 5.11. The van der Waals surface area contributed by atoms with E-state index in [1.54, 1.807) is 0 Å². The summed E-state index contributed by atoms with van der Waals surface area (Å²) in [5, 5.41) is 0. The molecule has 0 saturated carbocycles. The summed E-state index contributed by atoms with van der Waals surface area (Å²) < 4.78 is 0. The molecule has 0 amide bonds. The lowest BCUT2D eigenvalue weighted by Gasteiger charge is -2.60. The molecular weight excluding hydrogens is 637 g/mol. The second-order valence-electron chi connectivity index (χ2n) is 14.7. The van der Waals surface area contributed by atoms with Crippen molar-refractivity contribution in [2.45, 2.75) is 71.1 Å². The third-order valence-corrected chi connectivity index (χ3v) is 12.6. The van der Waals surface area contributed by atoms with Gasteiger partial charge >= 0.3 is 0 Å². The summed E-state index contributed by atoms with van der Waals surface area (Å²) in [5.74, 6) is 2.03. The molecule has 9 rings (SSSR count). The number of aromatic nitrogens is 2. The van der Waals surface area contributed by atoms with Crippen molar-refractivity contribution in [1.29, 1.82) is 0 Å². The molecule has 6 heteroatoms. The van der Waals surface area contributed by atoms with Gasteiger partial charge < -0.3 is 19.6 Å². The Balaban J connectivity index is 1.18. The highest BCUT2D eigenvalue weighted by Crippen LogP contribution is 2.65. The third-order valence-electron chi connectivity index (χ3n) is 12.6. The van der Waals surface area contributed by atoms with Crippen LogP contribution in [0.5, 0.6) is 0 Å². The molecule has 0 fully saturated rings. The van der Waals surface area contributed by atoms with Gasteiger partial charge in [0.1, 0.15) is 12.3 Å². The maximum Gasteiger partial charge on any atom is 0.158 e. The summed E-state index contributed by atoms with van der Waals surface area (Å²) in [6, 6.07) is 48.4. The molecule has 0 radical (unpaired) electrons. The van der Waals surface area contributed by atoms with Gasteiger partial charge in [-0.05, 0) is 104 Å². The maximum absolute atomic E-state index is 5.11. The first-order valence-electron chi connectivity index (χ1n) is 18.9. The van der Waals surface area contributed by atoms with Crippen molar-refractivity contribution in [1.82, 2.24) is 9.97 Å². The molecule has 6 aromatic rings. The van der Waals surface area contributed by atoms with Crippen LogP contribution in [0.25, 0.3) is 0 Å². The predicted molar refractivity (Wildman–Crippen MR) is 215 cm³/mol. The number of hydrogen-bond acceptors (Lipinski definition) is 6. The van der Waals surface area contributed by atoms with Crippen molar-refractivity contribution in [3.8, 4) is 0 Å². The summed E-state index contributed by atoms with van der Waals surface area (Å²) in [4.78, 5) is 20.1. The first-order chi connectivity index (χ1) is 25.5. The number of hydrogen-bond donors (Lipinski definition) is 0. The molecule has 0 spiro atoms. The van der Waals surface area contributed by atoms with Crippen LogP contribution in [-0.4, -0.2) is 22.3 Å². The Hall–Kier alpha value is -5.62. The lowest BCUT2D eigenvalue weighted by atomic mass is 9.52. The summed E-state index contributed by atoms with van der Waals surface area (Å²) in [5.41, 5.74) is 9.70. The van der Waals surface area contributed by atoms with Crippen molar-refractivity contribution in [2.24, 2.45) is 5.41 Å². The number of rotatable bonds is 8. The van der Waals surface area contributed by atoms with Crippen LogP contribution in [0.15, 0.2) is 146 Å². The summed E-state index contributed by atoms with van der Waals surface area (Å²) in [6.07, 6.45) is 7.94. The van der Waals surface area contributed by atoms with Gasteiger partial charge in [0.05, 0.1) is 11.4 Å². The topological polar surface area (TPSA) is 38.7 Å². The second kappa shape index (κ2) is 12.6. The van der Waals surface area contributed by atoms with E-state index in [1.165, 1.54) is 33.9 Å². The minimum Gasteiger partial charge on any atom is -0.317 e. The number of pyridine rings is 2. The van der Waals surface area contributed by atoms with E-state index >= 15 is 0 Å². The molecule has 3 aliphatic rings. The Morgan fingerprint density at radius 2 is 1.08 bits per heavy atom. The van der Waals surface area contributed by atoms with Crippen molar-refractivity contribution < 1.29 is 0 Å². The summed E-state index contributed by atoms with van der Waals surface area (Å²) >= 11 is 0. The Labute approximate surface area is 308 Å². The minimum atomic E-state index is -0.147. The fourth-order valence-corrected chi connectivity index (χ4v) is 9.96. The number of benzene rings is 4. The van der Waals surface area contributed by atoms with Crippen LogP contribution in [0.3, 0.4) is 0 Å². The molecule has 260 valence electrons. The molecule has 4 atom stereocenters. The molecule has 6 nitrogen and oxygen atoms in total. The van der Waals surface area contributed by atoms with Gasteiger partial charge in [-0.25, -0.2) is 9.97 Å². The smallest absolute Gasteiger partial charge is 0.158 e. The number of anilines is 8. The van der Waals surface area contributed by atoms with Crippen molar-refractivity contribution in [3.05, 3.63) is 157 Å². The zero-order chi connectivity index (χ0) is 35.5. The molecule has 0 saturated heterocycles.